The van der Waals surface area contributed by atoms with Crippen LogP contribution in [0.25, 0.3) is 0 Å². The topological polar surface area (TPSA) is 41.1 Å². The molecular formula is C15H26N4. The molecule has 0 aromatic carbocycles. The molecule has 1 aliphatic rings. The van der Waals surface area contributed by atoms with Crippen LogP contribution in [-0.2, 0) is 6.54 Å². The second-order valence-corrected chi connectivity index (χ2v) is 5.34. The Morgan fingerprint density at radius 1 is 1.26 bits per heavy atom. The molecule has 0 saturated heterocycles. The van der Waals surface area contributed by atoms with Gasteiger partial charge in [-0.1, -0.05) is 19.8 Å². The van der Waals surface area contributed by atoms with Crippen molar-refractivity contribution in [3.8, 4) is 0 Å². The minimum Gasteiger partial charge on any atom is -0.370 e. The Labute approximate surface area is 116 Å². The van der Waals surface area contributed by atoms with Crippen LogP contribution in [0.1, 0.15) is 51.0 Å². The molecule has 4 nitrogen and oxygen atoms in total. The van der Waals surface area contributed by atoms with Gasteiger partial charge in [0.25, 0.3) is 0 Å². The first kappa shape index (κ1) is 14.3. The summed E-state index contributed by atoms with van der Waals surface area (Å²) < 4.78 is 0. The van der Waals surface area contributed by atoms with E-state index < -0.39 is 0 Å². The van der Waals surface area contributed by atoms with Crippen LogP contribution in [0.2, 0.25) is 0 Å². The third kappa shape index (κ3) is 3.90. The van der Waals surface area contributed by atoms with Gasteiger partial charge in [0.2, 0.25) is 0 Å². The Morgan fingerprint density at radius 2 is 2.00 bits per heavy atom. The summed E-state index contributed by atoms with van der Waals surface area (Å²) >= 11 is 0. The molecule has 2 rings (SSSR count). The van der Waals surface area contributed by atoms with Gasteiger partial charge < -0.3 is 5.32 Å². The number of rotatable bonds is 6. The molecule has 1 aromatic rings. The highest BCUT2D eigenvalue weighted by Crippen LogP contribution is 2.24. The molecule has 1 fully saturated rings. The standard InChI is InChI=1S/C15H26N4/c1-4-16-14-10-12(3)17-15(18-14)11-19(5-2)13-8-6-7-9-13/h10,13H,4-9,11H2,1-3H3,(H,16,17,18). The quantitative estimate of drug-likeness (QED) is 0.855. The first-order valence-electron chi connectivity index (χ1n) is 7.55. The lowest BCUT2D eigenvalue weighted by Gasteiger charge is -2.26. The van der Waals surface area contributed by atoms with E-state index in [1.165, 1.54) is 25.7 Å². The number of hydrogen-bond acceptors (Lipinski definition) is 4. The third-order valence-electron chi connectivity index (χ3n) is 3.85. The second kappa shape index (κ2) is 6.85. The van der Waals surface area contributed by atoms with Crippen LogP contribution in [0, 0.1) is 6.92 Å². The smallest absolute Gasteiger partial charge is 0.144 e. The van der Waals surface area contributed by atoms with Crippen molar-refractivity contribution in [2.24, 2.45) is 0 Å². The molecular weight excluding hydrogens is 236 g/mol. The molecule has 1 aliphatic carbocycles. The average Bonchev–Trinajstić information content (AvgIpc) is 2.89. The van der Waals surface area contributed by atoms with E-state index in [1.54, 1.807) is 0 Å². The van der Waals surface area contributed by atoms with E-state index >= 15 is 0 Å². The summed E-state index contributed by atoms with van der Waals surface area (Å²) in [6.07, 6.45) is 5.41. The van der Waals surface area contributed by atoms with Crippen LogP contribution in [0.15, 0.2) is 6.07 Å². The molecule has 1 aromatic heterocycles. The molecule has 0 aliphatic heterocycles. The fourth-order valence-electron chi connectivity index (χ4n) is 2.92. The van der Waals surface area contributed by atoms with Gasteiger partial charge in [0.1, 0.15) is 11.6 Å². The summed E-state index contributed by atoms with van der Waals surface area (Å²) in [6.45, 7) is 9.22. The van der Waals surface area contributed by atoms with Crippen molar-refractivity contribution in [3.63, 3.8) is 0 Å². The molecule has 19 heavy (non-hydrogen) atoms. The van der Waals surface area contributed by atoms with E-state index in [9.17, 15) is 0 Å². The van der Waals surface area contributed by atoms with Crippen LogP contribution in [0.5, 0.6) is 0 Å². The highest BCUT2D eigenvalue weighted by molar-refractivity contribution is 5.35. The van der Waals surface area contributed by atoms with Gasteiger partial charge in [-0.2, -0.15) is 0 Å². The van der Waals surface area contributed by atoms with Gasteiger partial charge in [-0.3, -0.25) is 4.90 Å². The van der Waals surface area contributed by atoms with Crippen LogP contribution in [-0.4, -0.2) is 34.0 Å². The zero-order valence-electron chi connectivity index (χ0n) is 12.4. The fraction of sp³-hybridized carbons (Fsp3) is 0.733. The van der Waals surface area contributed by atoms with Crippen LogP contribution >= 0.6 is 0 Å². The highest BCUT2D eigenvalue weighted by atomic mass is 15.2. The molecule has 4 heteroatoms. The largest absolute Gasteiger partial charge is 0.370 e. The highest BCUT2D eigenvalue weighted by Gasteiger charge is 2.22. The van der Waals surface area contributed by atoms with Crippen molar-refractivity contribution < 1.29 is 0 Å². The molecule has 0 unspecified atom stereocenters. The Balaban J connectivity index is 2.07. The molecule has 0 amide bonds. The maximum Gasteiger partial charge on any atom is 0.144 e. The molecule has 0 bridgehead atoms. The lowest BCUT2D eigenvalue weighted by Crippen LogP contribution is -2.33. The Hall–Kier alpha value is -1.16. The molecule has 0 radical (unpaired) electrons. The molecule has 1 N–H and O–H groups in total. The lowest BCUT2D eigenvalue weighted by molar-refractivity contribution is 0.195. The third-order valence-corrected chi connectivity index (χ3v) is 3.85. The van der Waals surface area contributed by atoms with Gasteiger partial charge in [-0.25, -0.2) is 9.97 Å². The molecule has 0 spiro atoms. The van der Waals surface area contributed by atoms with E-state index in [2.05, 4.69) is 34.0 Å². The summed E-state index contributed by atoms with van der Waals surface area (Å²) in [7, 11) is 0. The predicted molar refractivity (Wildman–Crippen MR) is 79.3 cm³/mol. The van der Waals surface area contributed by atoms with E-state index in [0.29, 0.717) is 0 Å². The van der Waals surface area contributed by atoms with Crippen LogP contribution in [0.3, 0.4) is 0 Å². The van der Waals surface area contributed by atoms with Crippen LogP contribution in [0.4, 0.5) is 5.82 Å². The lowest BCUT2D eigenvalue weighted by atomic mass is 10.2. The zero-order chi connectivity index (χ0) is 13.7. The molecule has 0 atom stereocenters. The van der Waals surface area contributed by atoms with Gasteiger partial charge in [-0.05, 0) is 33.2 Å². The first-order chi connectivity index (χ1) is 9.22. The van der Waals surface area contributed by atoms with E-state index in [4.69, 9.17) is 0 Å². The van der Waals surface area contributed by atoms with Crippen molar-refractivity contribution in [2.75, 3.05) is 18.4 Å². The average molecular weight is 262 g/mol. The Kier molecular flexibility index (Phi) is 5.14. The minimum atomic E-state index is 0.733. The van der Waals surface area contributed by atoms with Gasteiger partial charge in [0.15, 0.2) is 0 Å². The van der Waals surface area contributed by atoms with Gasteiger partial charge in [-0.15, -0.1) is 0 Å². The number of nitrogens with one attached hydrogen (secondary N) is 1. The van der Waals surface area contributed by atoms with Crippen molar-refractivity contribution in [1.82, 2.24) is 14.9 Å². The maximum atomic E-state index is 4.62. The second-order valence-electron chi connectivity index (χ2n) is 5.34. The SMILES string of the molecule is CCNc1cc(C)nc(CN(CC)C2CCCC2)n1. The van der Waals surface area contributed by atoms with Crippen molar-refractivity contribution in [1.29, 1.82) is 0 Å². The Bertz CT molecular complexity index is 399. The van der Waals surface area contributed by atoms with Crippen molar-refractivity contribution in [3.05, 3.63) is 17.6 Å². The zero-order valence-corrected chi connectivity index (χ0v) is 12.4. The maximum absolute atomic E-state index is 4.62. The molecule has 1 heterocycles. The summed E-state index contributed by atoms with van der Waals surface area (Å²) in [6, 6.07) is 2.75. The monoisotopic (exact) mass is 262 g/mol. The normalized spacial score (nSPS) is 16.2. The first-order valence-corrected chi connectivity index (χ1v) is 7.55. The summed E-state index contributed by atoms with van der Waals surface area (Å²) in [4.78, 5) is 11.7. The minimum absolute atomic E-state index is 0.733. The number of aryl methyl sites for hydroxylation is 1. The van der Waals surface area contributed by atoms with Crippen LogP contribution < -0.4 is 5.32 Å². The van der Waals surface area contributed by atoms with Gasteiger partial charge in [0.05, 0.1) is 6.54 Å². The van der Waals surface area contributed by atoms with Crippen molar-refractivity contribution in [2.45, 2.75) is 59.0 Å². The predicted octanol–water partition coefficient (Wildman–Crippen LogP) is 2.98. The van der Waals surface area contributed by atoms with Gasteiger partial charge >= 0.3 is 0 Å². The summed E-state index contributed by atoms with van der Waals surface area (Å²) in [5.74, 6) is 1.90. The van der Waals surface area contributed by atoms with Crippen molar-refractivity contribution >= 4 is 5.82 Å². The Morgan fingerprint density at radius 3 is 2.63 bits per heavy atom. The van der Waals surface area contributed by atoms with E-state index in [0.717, 1.165) is 43.0 Å². The van der Waals surface area contributed by atoms with Gasteiger partial charge in [0, 0.05) is 24.3 Å². The number of hydrogen-bond donors (Lipinski definition) is 1. The summed E-state index contributed by atoms with van der Waals surface area (Å²) in [5.41, 5.74) is 1.04. The molecule has 1 saturated carbocycles. The van der Waals surface area contributed by atoms with E-state index in [-0.39, 0.29) is 0 Å². The summed E-state index contributed by atoms with van der Waals surface area (Å²) in [5, 5.41) is 3.28. The molecule has 106 valence electrons. The fourth-order valence-corrected chi connectivity index (χ4v) is 2.92. The number of aromatic nitrogens is 2. The number of nitrogens with zero attached hydrogens (tertiary/aromatic N) is 3. The number of anilines is 1. The van der Waals surface area contributed by atoms with E-state index in [1.807, 2.05) is 13.0 Å².